The lowest BCUT2D eigenvalue weighted by molar-refractivity contribution is -0.137. The number of aromatic hydroxyl groups is 2. The molecule has 0 saturated heterocycles. The van der Waals surface area contributed by atoms with Gasteiger partial charge in [0.1, 0.15) is 17.3 Å². The molecule has 0 aliphatic heterocycles. The van der Waals surface area contributed by atoms with Crippen molar-refractivity contribution in [3.63, 3.8) is 0 Å². The number of para-hydroxylation sites is 1. The van der Waals surface area contributed by atoms with Crippen LogP contribution in [0.3, 0.4) is 0 Å². The number of alkyl halides is 3. The molecule has 5 aromatic rings. The summed E-state index contributed by atoms with van der Waals surface area (Å²) in [5, 5.41) is 39.0. The number of carboxylic acids is 1. The summed E-state index contributed by atoms with van der Waals surface area (Å²) in [6.07, 6.45) is -4.88. The van der Waals surface area contributed by atoms with Gasteiger partial charge in [-0.3, -0.25) is 4.57 Å². The Morgan fingerprint density at radius 2 is 1.46 bits per heavy atom. The second-order valence-corrected chi connectivity index (χ2v) is 9.43. The Balaban J connectivity index is 1.82. The van der Waals surface area contributed by atoms with E-state index in [0.29, 0.717) is 12.1 Å². The number of hydrogen-bond acceptors (Lipinski definition) is 5. The topological polar surface area (TPSA) is 107 Å². The van der Waals surface area contributed by atoms with Gasteiger partial charge in [0, 0.05) is 16.8 Å². The maximum atomic E-state index is 15.4. The predicted molar refractivity (Wildman–Crippen MR) is 144 cm³/mol. The van der Waals surface area contributed by atoms with Crippen LogP contribution in [0.15, 0.2) is 83.0 Å². The van der Waals surface area contributed by atoms with Crippen molar-refractivity contribution >= 4 is 28.2 Å². The van der Waals surface area contributed by atoms with E-state index in [-0.39, 0.29) is 39.3 Å². The van der Waals surface area contributed by atoms with Crippen molar-refractivity contribution in [3.8, 4) is 28.4 Å². The molecule has 1 heterocycles. The highest BCUT2D eigenvalue weighted by Crippen LogP contribution is 2.46. The maximum Gasteiger partial charge on any atom is 0.416 e. The molecular formula is C30H21F4N3O4. The maximum absolute atomic E-state index is 15.4. The van der Waals surface area contributed by atoms with E-state index in [1.54, 1.807) is 38.1 Å². The first-order chi connectivity index (χ1) is 19.4. The fraction of sp³-hybridized carbons (Fsp3) is 0.100. The molecule has 0 radical (unpaired) electrons. The highest BCUT2D eigenvalue weighted by atomic mass is 19.4. The van der Waals surface area contributed by atoms with E-state index in [2.05, 4.69) is 10.2 Å². The fourth-order valence-corrected chi connectivity index (χ4v) is 4.78. The highest BCUT2D eigenvalue weighted by Gasteiger charge is 2.34. The molecule has 4 aromatic carbocycles. The SMILES string of the molecule is Cc1cc(C)cc(-n2c(O)c(N=Nc3c(C(=O)O)cccc3-c3ccccc3O)c3c(F)cc(C(F)(F)F)cc32)c1. The minimum Gasteiger partial charge on any atom is -0.507 e. The Morgan fingerprint density at radius 3 is 2.10 bits per heavy atom. The number of azo groups is 1. The number of fused-ring (bicyclic) bond motifs is 1. The van der Waals surface area contributed by atoms with Crippen molar-refractivity contribution in [2.75, 3.05) is 0 Å². The van der Waals surface area contributed by atoms with Crippen molar-refractivity contribution in [1.29, 1.82) is 0 Å². The Kier molecular flexibility index (Phi) is 6.74. The summed E-state index contributed by atoms with van der Waals surface area (Å²) in [5.41, 5.74) is -0.503. The zero-order chi connectivity index (χ0) is 29.6. The number of phenolic OH excluding ortho intramolecular Hbond substituents is 1. The average Bonchev–Trinajstić information content (AvgIpc) is 3.18. The molecule has 11 heteroatoms. The molecule has 7 nitrogen and oxygen atoms in total. The van der Waals surface area contributed by atoms with Crippen LogP contribution in [-0.2, 0) is 6.18 Å². The number of halogens is 4. The Hall–Kier alpha value is -5.19. The zero-order valence-corrected chi connectivity index (χ0v) is 21.5. The van der Waals surface area contributed by atoms with E-state index < -0.39 is 40.5 Å². The van der Waals surface area contributed by atoms with Crippen molar-refractivity contribution in [2.24, 2.45) is 10.2 Å². The largest absolute Gasteiger partial charge is 0.507 e. The Bertz CT molecular complexity index is 1860. The minimum atomic E-state index is -4.88. The van der Waals surface area contributed by atoms with Gasteiger partial charge < -0.3 is 15.3 Å². The zero-order valence-electron chi connectivity index (χ0n) is 21.5. The van der Waals surface area contributed by atoms with Crippen LogP contribution in [0.5, 0.6) is 11.6 Å². The van der Waals surface area contributed by atoms with Gasteiger partial charge in [-0.2, -0.15) is 13.2 Å². The predicted octanol–water partition coefficient (Wildman–Crippen LogP) is 8.60. The molecule has 0 bridgehead atoms. The summed E-state index contributed by atoms with van der Waals surface area (Å²) in [6, 6.07) is 16.3. The number of carboxylic acid groups (broad SMARTS) is 1. The Morgan fingerprint density at radius 1 is 0.829 bits per heavy atom. The third-order valence-electron chi connectivity index (χ3n) is 6.47. The van der Waals surface area contributed by atoms with Gasteiger partial charge >= 0.3 is 12.1 Å². The van der Waals surface area contributed by atoms with Crippen LogP contribution in [0.4, 0.5) is 28.9 Å². The van der Waals surface area contributed by atoms with Crippen LogP contribution in [-0.4, -0.2) is 25.9 Å². The standard InChI is InChI=1S/C30H21F4N3O4/c1-15-10-16(2)12-18(11-15)37-23-14-17(30(32,33)34)13-22(31)25(23)27(28(37)39)36-35-26-20(7-5-8-21(26)29(40)41)19-6-3-4-9-24(19)38/h3-14,38-39H,1-2H3,(H,40,41). The summed E-state index contributed by atoms with van der Waals surface area (Å²) in [7, 11) is 0. The fourth-order valence-electron chi connectivity index (χ4n) is 4.78. The van der Waals surface area contributed by atoms with Crippen LogP contribution in [0, 0.1) is 19.7 Å². The van der Waals surface area contributed by atoms with E-state index in [1.165, 1.54) is 30.3 Å². The Labute approximate surface area is 230 Å². The molecule has 208 valence electrons. The summed E-state index contributed by atoms with van der Waals surface area (Å²) in [6.45, 7) is 3.51. The quantitative estimate of drug-likeness (QED) is 0.147. The first kappa shape index (κ1) is 27.4. The molecule has 0 aliphatic rings. The van der Waals surface area contributed by atoms with Gasteiger partial charge in [-0.05, 0) is 61.4 Å². The van der Waals surface area contributed by atoms with E-state index in [4.69, 9.17) is 0 Å². The molecule has 0 saturated carbocycles. The van der Waals surface area contributed by atoms with Crippen molar-refractivity contribution < 1.29 is 37.7 Å². The van der Waals surface area contributed by atoms with Crippen LogP contribution in [0.25, 0.3) is 27.7 Å². The van der Waals surface area contributed by atoms with Gasteiger partial charge in [-0.1, -0.05) is 36.4 Å². The number of aromatic nitrogens is 1. The highest BCUT2D eigenvalue weighted by molar-refractivity contribution is 5.99. The molecule has 0 amide bonds. The first-order valence-corrected chi connectivity index (χ1v) is 12.2. The van der Waals surface area contributed by atoms with Crippen LogP contribution in [0.2, 0.25) is 0 Å². The van der Waals surface area contributed by atoms with E-state index in [0.717, 1.165) is 15.7 Å². The first-order valence-electron chi connectivity index (χ1n) is 12.2. The second-order valence-electron chi connectivity index (χ2n) is 9.43. The molecule has 0 spiro atoms. The number of aromatic carboxylic acids is 1. The normalized spacial score (nSPS) is 12.0. The van der Waals surface area contributed by atoms with E-state index >= 15 is 4.39 Å². The van der Waals surface area contributed by atoms with Crippen LogP contribution < -0.4 is 0 Å². The van der Waals surface area contributed by atoms with Gasteiger partial charge in [0.05, 0.1) is 22.0 Å². The summed E-state index contributed by atoms with van der Waals surface area (Å²) >= 11 is 0. The lowest BCUT2D eigenvalue weighted by Gasteiger charge is -2.11. The van der Waals surface area contributed by atoms with Gasteiger partial charge in [0.2, 0.25) is 5.88 Å². The van der Waals surface area contributed by atoms with Crippen LogP contribution in [0.1, 0.15) is 27.0 Å². The number of phenols is 1. The monoisotopic (exact) mass is 563 g/mol. The molecule has 3 N–H and O–H groups in total. The van der Waals surface area contributed by atoms with Gasteiger partial charge in [-0.25, -0.2) is 9.18 Å². The molecule has 1 aromatic heterocycles. The van der Waals surface area contributed by atoms with Gasteiger partial charge in [-0.15, -0.1) is 10.2 Å². The smallest absolute Gasteiger partial charge is 0.416 e. The summed E-state index contributed by atoms with van der Waals surface area (Å²) in [5.74, 6) is -3.57. The molecule has 0 unspecified atom stereocenters. The molecule has 41 heavy (non-hydrogen) atoms. The minimum absolute atomic E-state index is 0.170. The van der Waals surface area contributed by atoms with Gasteiger partial charge in [0.25, 0.3) is 0 Å². The van der Waals surface area contributed by atoms with Crippen LogP contribution >= 0.6 is 0 Å². The lowest BCUT2D eigenvalue weighted by Crippen LogP contribution is -2.06. The lowest BCUT2D eigenvalue weighted by atomic mass is 9.99. The number of benzene rings is 4. The molecule has 0 atom stereocenters. The van der Waals surface area contributed by atoms with Crippen molar-refractivity contribution in [2.45, 2.75) is 20.0 Å². The van der Waals surface area contributed by atoms with E-state index in [9.17, 15) is 33.3 Å². The molecule has 0 aliphatic carbocycles. The van der Waals surface area contributed by atoms with E-state index in [1.807, 2.05) is 6.07 Å². The second kappa shape index (κ2) is 10.1. The van der Waals surface area contributed by atoms with Crippen molar-refractivity contribution in [3.05, 3.63) is 101 Å². The molecular weight excluding hydrogens is 542 g/mol. The summed E-state index contributed by atoms with van der Waals surface area (Å²) < 4.78 is 57.3. The third kappa shape index (κ3) is 4.97. The molecule has 0 fully saturated rings. The molecule has 5 rings (SSSR count). The third-order valence-corrected chi connectivity index (χ3v) is 6.47. The number of rotatable bonds is 5. The average molecular weight is 564 g/mol. The number of hydrogen-bond donors (Lipinski definition) is 3. The van der Waals surface area contributed by atoms with Gasteiger partial charge in [0.15, 0.2) is 5.69 Å². The summed E-state index contributed by atoms with van der Waals surface area (Å²) in [4.78, 5) is 12.0. The number of nitrogens with zero attached hydrogens (tertiary/aromatic N) is 3. The number of aryl methyl sites for hydroxylation is 2. The van der Waals surface area contributed by atoms with Crippen molar-refractivity contribution in [1.82, 2.24) is 4.57 Å². The number of carbonyl (C=O) groups is 1.